The molecule has 1 aliphatic carbocycles. The largest absolute Gasteiger partial charge is 0.446 e. The van der Waals surface area contributed by atoms with E-state index in [1.54, 1.807) is 4.68 Å². The van der Waals surface area contributed by atoms with Crippen LogP contribution in [0.2, 0.25) is 0 Å². The van der Waals surface area contributed by atoms with Gasteiger partial charge in [0.2, 0.25) is 0 Å². The van der Waals surface area contributed by atoms with E-state index >= 15 is 0 Å². The van der Waals surface area contributed by atoms with Gasteiger partial charge in [-0.2, -0.15) is 10.2 Å². The van der Waals surface area contributed by atoms with Gasteiger partial charge < -0.3 is 15.4 Å². The van der Waals surface area contributed by atoms with E-state index in [9.17, 15) is 9.59 Å². The van der Waals surface area contributed by atoms with Gasteiger partial charge >= 0.3 is 6.09 Å². The average molecular weight is 388 g/mol. The van der Waals surface area contributed by atoms with E-state index in [-0.39, 0.29) is 30.1 Å². The number of aryl methyl sites for hydroxylation is 2. The summed E-state index contributed by atoms with van der Waals surface area (Å²) in [4.78, 5) is 24.3. The molecule has 2 aromatic heterocycles. The summed E-state index contributed by atoms with van der Waals surface area (Å²) in [7, 11) is 1.81. The lowest BCUT2D eigenvalue weighted by Gasteiger charge is -2.14. The summed E-state index contributed by atoms with van der Waals surface area (Å²) in [6.45, 7) is 7.46. The van der Waals surface area contributed by atoms with Gasteiger partial charge in [0.05, 0.1) is 11.3 Å². The summed E-state index contributed by atoms with van der Waals surface area (Å²) < 4.78 is 7.16. The number of nitrogens with one attached hydrogen (secondary N) is 3. The minimum absolute atomic E-state index is 0.0514. The molecule has 2 aromatic rings. The van der Waals surface area contributed by atoms with Crippen LogP contribution in [0.25, 0.3) is 0 Å². The lowest BCUT2D eigenvalue weighted by atomic mass is 10.0. The van der Waals surface area contributed by atoms with Gasteiger partial charge in [-0.25, -0.2) is 4.79 Å². The first-order chi connectivity index (χ1) is 13.2. The molecule has 9 nitrogen and oxygen atoms in total. The van der Waals surface area contributed by atoms with E-state index in [1.165, 1.54) is 0 Å². The first-order valence-electron chi connectivity index (χ1n) is 9.58. The number of aromatic nitrogens is 4. The lowest BCUT2D eigenvalue weighted by Crippen LogP contribution is -2.33. The zero-order valence-electron chi connectivity index (χ0n) is 17.0. The standard InChI is InChI=1S/C19H28N6O3/c1-10(2)20-19(27)28-14-7-6-13(8-14)15-9-16(23-22-15)21-18(26)17-11(3)24-25(5)12(17)4/h9-10,13-14H,6-8H2,1-5H3,(H,20,27)(H2,21,22,23,26)/t13-,14+/m0/s1. The summed E-state index contributed by atoms with van der Waals surface area (Å²) in [6.07, 6.45) is 1.97. The van der Waals surface area contributed by atoms with Crippen molar-refractivity contribution in [2.45, 2.75) is 65.0 Å². The van der Waals surface area contributed by atoms with Crippen molar-refractivity contribution in [2.24, 2.45) is 7.05 Å². The fourth-order valence-electron chi connectivity index (χ4n) is 3.64. The number of carbonyl (C=O) groups excluding carboxylic acids is 2. The number of hydrogen-bond donors (Lipinski definition) is 3. The first kappa shape index (κ1) is 19.9. The Labute approximate surface area is 164 Å². The maximum atomic E-state index is 12.6. The predicted octanol–water partition coefficient (Wildman–Crippen LogP) is 2.78. The van der Waals surface area contributed by atoms with Gasteiger partial charge in [-0.1, -0.05) is 0 Å². The number of anilines is 1. The molecule has 1 saturated carbocycles. The van der Waals surface area contributed by atoms with Crippen molar-refractivity contribution in [1.82, 2.24) is 25.3 Å². The third-order valence-corrected chi connectivity index (χ3v) is 5.08. The fraction of sp³-hybridized carbons (Fsp3) is 0.579. The molecule has 0 aromatic carbocycles. The van der Waals surface area contributed by atoms with Crippen molar-refractivity contribution in [3.8, 4) is 0 Å². The van der Waals surface area contributed by atoms with Crippen LogP contribution in [0.1, 0.15) is 66.5 Å². The highest BCUT2D eigenvalue weighted by atomic mass is 16.6. The van der Waals surface area contributed by atoms with Crippen molar-refractivity contribution in [2.75, 3.05) is 5.32 Å². The summed E-state index contributed by atoms with van der Waals surface area (Å²) in [5.74, 6) is 0.473. The monoisotopic (exact) mass is 388 g/mol. The van der Waals surface area contributed by atoms with Gasteiger partial charge in [-0.05, 0) is 47.0 Å². The molecule has 0 spiro atoms. The Morgan fingerprint density at radius 1 is 1.32 bits per heavy atom. The SMILES string of the molecule is Cc1nn(C)c(C)c1C(=O)Nc1cc([C@H]2CC[C@@H](OC(=O)NC(C)C)C2)[nH]n1. The van der Waals surface area contributed by atoms with Crippen molar-refractivity contribution < 1.29 is 14.3 Å². The van der Waals surface area contributed by atoms with Gasteiger partial charge in [-0.3, -0.25) is 14.6 Å². The molecule has 0 saturated heterocycles. The minimum atomic E-state index is -0.375. The highest BCUT2D eigenvalue weighted by Gasteiger charge is 2.30. The van der Waals surface area contributed by atoms with Crippen molar-refractivity contribution in [3.63, 3.8) is 0 Å². The van der Waals surface area contributed by atoms with Crippen molar-refractivity contribution >= 4 is 17.8 Å². The molecular formula is C19H28N6O3. The number of carbonyl (C=O) groups is 2. The third kappa shape index (κ3) is 4.35. The number of rotatable bonds is 5. The summed E-state index contributed by atoms with van der Waals surface area (Å²) in [6, 6.07) is 1.90. The second-order valence-electron chi connectivity index (χ2n) is 7.67. The van der Waals surface area contributed by atoms with E-state index in [0.29, 0.717) is 17.1 Å². The van der Waals surface area contributed by atoms with Crippen LogP contribution in [-0.2, 0) is 11.8 Å². The zero-order valence-corrected chi connectivity index (χ0v) is 17.0. The molecular weight excluding hydrogens is 360 g/mol. The van der Waals surface area contributed by atoms with Crippen molar-refractivity contribution in [1.29, 1.82) is 0 Å². The number of amides is 2. The number of nitrogens with zero attached hydrogens (tertiary/aromatic N) is 3. The molecule has 1 fully saturated rings. The molecule has 0 radical (unpaired) electrons. The molecule has 2 atom stereocenters. The predicted molar refractivity (Wildman–Crippen MR) is 104 cm³/mol. The van der Waals surface area contributed by atoms with Crippen LogP contribution in [0.4, 0.5) is 10.6 Å². The van der Waals surface area contributed by atoms with Crippen LogP contribution in [0.15, 0.2) is 6.07 Å². The minimum Gasteiger partial charge on any atom is -0.446 e. The lowest BCUT2D eigenvalue weighted by molar-refractivity contribution is 0.0979. The maximum absolute atomic E-state index is 12.6. The highest BCUT2D eigenvalue weighted by Crippen LogP contribution is 2.35. The molecule has 3 N–H and O–H groups in total. The number of ether oxygens (including phenoxy) is 1. The smallest absolute Gasteiger partial charge is 0.407 e. The van der Waals surface area contributed by atoms with E-state index in [4.69, 9.17) is 4.74 Å². The Bertz CT molecular complexity index is 869. The van der Waals surface area contributed by atoms with Crippen LogP contribution in [-0.4, -0.2) is 44.1 Å². The Morgan fingerprint density at radius 3 is 2.71 bits per heavy atom. The van der Waals surface area contributed by atoms with Crippen LogP contribution in [0.5, 0.6) is 0 Å². The molecule has 28 heavy (non-hydrogen) atoms. The number of hydrogen-bond acceptors (Lipinski definition) is 5. The van der Waals surface area contributed by atoms with Crippen LogP contribution < -0.4 is 10.6 Å². The molecule has 2 heterocycles. The number of H-pyrrole nitrogens is 1. The molecule has 152 valence electrons. The van der Waals surface area contributed by atoms with Gasteiger partial charge in [0.15, 0.2) is 5.82 Å². The molecule has 0 unspecified atom stereocenters. The molecule has 3 rings (SSSR count). The van der Waals surface area contributed by atoms with Crippen LogP contribution in [0.3, 0.4) is 0 Å². The topological polar surface area (TPSA) is 114 Å². The quantitative estimate of drug-likeness (QED) is 0.729. The van der Waals surface area contributed by atoms with Crippen molar-refractivity contribution in [3.05, 3.63) is 28.7 Å². The average Bonchev–Trinajstić information content (AvgIpc) is 3.28. The molecule has 9 heteroatoms. The molecule has 1 aliphatic rings. The Kier molecular flexibility index (Phi) is 5.71. The Morgan fingerprint density at radius 2 is 2.07 bits per heavy atom. The van der Waals surface area contributed by atoms with Gasteiger partial charge in [-0.15, -0.1) is 0 Å². The van der Waals surface area contributed by atoms with Gasteiger partial charge in [0.25, 0.3) is 5.91 Å². The second kappa shape index (κ2) is 8.04. The second-order valence-corrected chi connectivity index (χ2v) is 7.67. The Hall–Kier alpha value is -2.84. The number of aromatic amines is 1. The number of alkyl carbamates (subject to hydrolysis) is 1. The Balaban J connectivity index is 1.59. The maximum Gasteiger partial charge on any atom is 0.407 e. The van der Waals surface area contributed by atoms with Crippen LogP contribution >= 0.6 is 0 Å². The summed E-state index contributed by atoms with van der Waals surface area (Å²) in [5.41, 5.74) is 2.99. The molecule has 0 bridgehead atoms. The summed E-state index contributed by atoms with van der Waals surface area (Å²) in [5, 5.41) is 17.1. The van der Waals surface area contributed by atoms with Gasteiger partial charge in [0.1, 0.15) is 6.10 Å². The molecule has 2 amide bonds. The normalized spacial score (nSPS) is 19.1. The first-order valence-corrected chi connectivity index (χ1v) is 9.58. The molecule has 0 aliphatic heterocycles. The van der Waals surface area contributed by atoms with E-state index in [0.717, 1.165) is 30.7 Å². The van der Waals surface area contributed by atoms with Crippen LogP contribution in [0, 0.1) is 13.8 Å². The summed E-state index contributed by atoms with van der Waals surface area (Å²) >= 11 is 0. The zero-order chi connectivity index (χ0) is 20.4. The van der Waals surface area contributed by atoms with E-state index in [1.807, 2.05) is 40.8 Å². The fourth-order valence-corrected chi connectivity index (χ4v) is 3.64. The third-order valence-electron chi connectivity index (χ3n) is 5.08. The van der Waals surface area contributed by atoms with E-state index < -0.39 is 0 Å². The highest BCUT2D eigenvalue weighted by molar-refractivity contribution is 6.05. The van der Waals surface area contributed by atoms with E-state index in [2.05, 4.69) is 25.9 Å². The van der Waals surface area contributed by atoms with Gasteiger partial charge in [0, 0.05) is 36.5 Å².